The van der Waals surface area contributed by atoms with Gasteiger partial charge < -0.3 is 5.32 Å². The number of halogens is 1. The smallest absolute Gasteiger partial charge is 0.104 e. The van der Waals surface area contributed by atoms with E-state index in [1.165, 1.54) is 5.56 Å². The van der Waals surface area contributed by atoms with Crippen molar-refractivity contribution >= 4 is 18.2 Å². The third-order valence-electron chi connectivity index (χ3n) is 3.12. The van der Waals surface area contributed by atoms with Crippen LogP contribution in [-0.2, 0) is 6.42 Å². The summed E-state index contributed by atoms with van der Waals surface area (Å²) in [5.41, 5.74) is 2.41. The molecule has 2 nitrogen and oxygen atoms in total. The third kappa shape index (κ3) is 1.94. The van der Waals surface area contributed by atoms with Crippen LogP contribution in [0.25, 0.3) is 0 Å². The van der Waals surface area contributed by atoms with Gasteiger partial charge in [-0.3, -0.25) is 4.99 Å². The lowest BCUT2D eigenvalue weighted by Crippen LogP contribution is -2.28. The van der Waals surface area contributed by atoms with Gasteiger partial charge in [0.15, 0.2) is 0 Å². The fourth-order valence-electron chi connectivity index (χ4n) is 2.41. The molecule has 1 aliphatic heterocycles. The van der Waals surface area contributed by atoms with E-state index >= 15 is 0 Å². The Hall–Kier alpha value is -1.02. The number of rotatable bonds is 1. The van der Waals surface area contributed by atoms with Gasteiger partial charge in [0.1, 0.15) is 5.84 Å². The van der Waals surface area contributed by atoms with Crippen LogP contribution in [0.3, 0.4) is 0 Å². The Morgan fingerprint density at radius 3 is 3.06 bits per heavy atom. The number of nitrogens with one attached hydrogen (secondary N) is 1. The molecule has 86 valence electrons. The standard InChI is InChI=1S/C13H16N2.ClH/c1-2-6-11-10(4-1)5-3-7-12(11)13-14-8-9-15-13;/h1-2,4,6,12H,3,5,7-9H2,(H,14,15);1H/i8D2,9D2;. The monoisotopic (exact) mass is 240 g/mol. The van der Waals surface area contributed by atoms with Gasteiger partial charge in [0.25, 0.3) is 0 Å². The lowest BCUT2D eigenvalue weighted by atomic mass is 9.82. The maximum Gasteiger partial charge on any atom is 0.104 e. The Balaban J connectivity index is 0.00000147. The van der Waals surface area contributed by atoms with Crippen molar-refractivity contribution in [2.24, 2.45) is 4.99 Å². The second-order valence-electron chi connectivity index (χ2n) is 4.00. The normalized spacial score (nSPS) is 32.8. The Kier molecular flexibility index (Phi) is 2.23. The summed E-state index contributed by atoms with van der Waals surface area (Å²) < 4.78 is 30.7. The van der Waals surface area contributed by atoms with Crippen LogP contribution < -0.4 is 5.32 Å². The second kappa shape index (κ2) is 4.88. The Labute approximate surface area is 108 Å². The molecule has 16 heavy (non-hydrogen) atoms. The number of hydrogen-bond donors (Lipinski definition) is 1. The first-order valence-electron chi connectivity index (χ1n) is 7.36. The van der Waals surface area contributed by atoms with Gasteiger partial charge in [-0.1, -0.05) is 24.3 Å². The van der Waals surface area contributed by atoms with Crippen molar-refractivity contribution in [3.63, 3.8) is 0 Å². The molecule has 2 aliphatic rings. The number of amidine groups is 1. The summed E-state index contributed by atoms with van der Waals surface area (Å²) in [6, 6.07) is 8.09. The summed E-state index contributed by atoms with van der Waals surface area (Å²) in [5, 5.41) is 2.64. The molecule has 0 fully saturated rings. The van der Waals surface area contributed by atoms with Gasteiger partial charge in [-0.15, -0.1) is 12.4 Å². The van der Waals surface area contributed by atoms with Crippen molar-refractivity contribution in [2.75, 3.05) is 13.0 Å². The minimum absolute atomic E-state index is 0. The molecule has 1 atom stereocenters. The largest absolute Gasteiger partial charge is 0.371 e. The first-order chi connectivity index (χ1) is 8.91. The highest BCUT2D eigenvalue weighted by Gasteiger charge is 2.25. The number of aliphatic imine (C=N–C) groups is 1. The van der Waals surface area contributed by atoms with Gasteiger partial charge >= 0.3 is 0 Å². The average Bonchev–Trinajstić information content (AvgIpc) is 2.58. The minimum Gasteiger partial charge on any atom is -0.371 e. The molecular formula is C13H17ClN2. The third-order valence-corrected chi connectivity index (χ3v) is 3.12. The highest BCUT2D eigenvalue weighted by atomic mass is 35.5. The van der Waals surface area contributed by atoms with Gasteiger partial charge in [-0.2, -0.15) is 0 Å². The number of hydrogen-bond acceptors (Lipinski definition) is 2. The van der Waals surface area contributed by atoms with E-state index in [9.17, 15) is 0 Å². The summed E-state index contributed by atoms with van der Waals surface area (Å²) >= 11 is 0. The Morgan fingerprint density at radius 2 is 2.25 bits per heavy atom. The van der Waals surface area contributed by atoms with Crippen LogP contribution in [0.1, 0.15) is 35.4 Å². The predicted molar refractivity (Wildman–Crippen MR) is 69.7 cm³/mol. The topological polar surface area (TPSA) is 24.4 Å². The summed E-state index contributed by atoms with van der Waals surface area (Å²) in [5.74, 6) is 0.430. The van der Waals surface area contributed by atoms with Gasteiger partial charge in [0, 0.05) is 12.4 Å². The molecule has 0 saturated carbocycles. The molecule has 3 rings (SSSR count). The molecule has 1 unspecified atom stereocenters. The first kappa shape index (κ1) is 7.33. The molecule has 1 aliphatic carbocycles. The lowest BCUT2D eigenvalue weighted by molar-refractivity contribution is 0.641. The molecule has 0 aromatic heterocycles. The van der Waals surface area contributed by atoms with Crippen molar-refractivity contribution < 1.29 is 5.48 Å². The van der Waals surface area contributed by atoms with E-state index in [-0.39, 0.29) is 18.3 Å². The molecule has 0 spiro atoms. The maximum atomic E-state index is 7.69. The van der Waals surface area contributed by atoms with E-state index < -0.39 is 13.0 Å². The molecule has 1 aromatic carbocycles. The molecule has 1 N–H and O–H groups in total. The average molecular weight is 241 g/mol. The van der Waals surface area contributed by atoms with Crippen molar-refractivity contribution in [3.8, 4) is 0 Å². The maximum absolute atomic E-state index is 7.69. The number of benzene rings is 1. The molecule has 0 saturated heterocycles. The van der Waals surface area contributed by atoms with Crippen molar-refractivity contribution in [1.82, 2.24) is 5.32 Å². The fourth-order valence-corrected chi connectivity index (χ4v) is 2.41. The highest BCUT2D eigenvalue weighted by Crippen LogP contribution is 2.32. The number of aryl methyl sites for hydroxylation is 1. The van der Waals surface area contributed by atoms with Crippen LogP contribution in [0.2, 0.25) is 0 Å². The SMILES string of the molecule is Cl.[2H]C1([2H])N=C(C2CCCc3ccccc32)NC1([2H])[2H]. The highest BCUT2D eigenvalue weighted by molar-refractivity contribution is 5.90. The Bertz CT molecular complexity index is 545. The summed E-state index contributed by atoms with van der Waals surface area (Å²) in [6.45, 7) is -4.33. The van der Waals surface area contributed by atoms with Gasteiger partial charge in [0.2, 0.25) is 0 Å². The van der Waals surface area contributed by atoms with Crippen LogP contribution in [0.4, 0.5) is 0 Å². The zero-order valence-electron chi connectivity index (χ0n) is 12.9. The van der Waals surface area contributed by atoms with E-state index in [1.54, 1.807) is 0 Å². The van der Waals surface area contributed by atoms with Gasteiger partial charge in [-0.25, -0.2) is 0 Å². The molecular weight excluding hydrogens is 220 g/mol. The van der Waals surface area contributed by atoms with E-state index in [0.29, 0.717) is 5.84 Å². The zero-order chi connectivity index (χ0) is 13.7. The summed E-state index contributed by atoms with van der Waals surface area (Å²) in [4.78, 5) is 3.96. The second-order valence-corrected chi connectivity index (χ2v) is 4.00. The summed E-state index contributed by atoms with van der Waals surface area (Å²) in [7, 11) is 0. The molecule has 0 bridgehead atoms. The van der Waals surface area contributed by atoms with Gasteiger partial charge in [0.05, 0.1) is 12.0 Å². The van der Waals surface area contributed by atoms with Crippen LogP contribution in [0.15, 0.2) is 29.3 Å². The zero-order valence-corrected chi connectivity index (χ0v) is 9.68. The molecule has 3 heteroatoms. The molecule has 1 heterocycles. The molecule has 0 amide bonds. The minimum atomic E-state index is -2.20. The van der Waals surface area contributed by atoms with Crippen molar-refractivity contribution in [1.29, 1.82) is 0 Å². The Morgan fingerprint density at radius 1 is 1.38 bits per heavy atom. The van der Waals surface area contributed by atoms with Crippen LogP contribution in [0.5, 0.6) is 0 Å². The van der Waals surface area contributed by atoms with Crippen molar-refractivity contribution in [3.05, 3.63) is 35.4 Å². The van der Waals surface area contributed by atoms with Crippen LogP contribution in [0, 0.1) is 0 Å². The number of nitrogens with zero attached hydrogens (tertiary/aromatic N) is 1. The van der Waals surface area contributed by atoms with Crippen molar-refractivity contribution in [2.45, 2.75) is 25.2 Å². The van der Waals surface area contributed by atoms with E-state index in [2.05, 4.69) is 16.4 Å². The first-order valence-corrected chi connectivity index (χ1v) is 5.36. The number of fused-ring (bicyclic) bond motifs is 1. The predicted octanol–water partition coefficient (Wildman–Crippen LogP) is 2.53. The van der Waals surface area contributed by atoms with E-state index in [0.717, 1.165) is 24.8 Å². The molecule has 0 radical (unpaired) electrons. The molecule has 1 aromatic rings. The summed E-state index contributed by atoms with van der Waals surface area (Å²) in [6.07, 6.45) is 2.93. The van der Waals surface area contributed by atoms with E-state index in [1.807, 2.05) is 18.2 Å². The fraction of sp³-hybridized carbons (Fsp3) is 0.462. The van der Waals surface area contributed by atoms with Gasteiger partial charge in [-0.05, 0) is 30.4 Å². The lowest BCUT2D eigenvalue weighted by Gasteiger charge is -2.25. The van der Waals surface area contributed by atoms with Crippen LogP contribution >= 0.6 is 12.4 Å². The quantitative estimate of drug-likeness (QED) is 0.802. The van der Waals surface area contributed by atoms with Crippen LogP contribution in [-0.4, -0.2) is 18.8 Å². The van der Waals surface area contributed by atoms with E-state index in [4.69, 9.17) is 5.48 Å².